The molecule has 1 aromatic carbocycles. The first-order valence-corrected chi connectivity index (χ1v) is 9.07. The zero-order valence-electron chi connectivity index (χ0n) is 13.2. The van der Waals surface area contributed by atoms with Crippen LogP contribution in [0.2, 0.25) is 0 Å². The number of rotatable bonds is 6. The standard InChI is InChI=1S/C18H27BrFN/c1-3-13-5-6-15(12-21-4-2)16(9-13)10-14-7-8-17(20)11-18(14)19/h7-8,11,13,15-16,21H,3-6,9-10,12H2,1-2H3. The van der Waals surface area contributed by atoms with Crippen molar-refractivity contribution in [2.75, 3.05) is 13.1 Å². The molecule has 1 aliphatic carbocycles. The van der Waals surface area contributed by atoms with E-state index in [9.17, 15) is 4.39 Å². The van der Waals surface area contributed by atoms with E-state index >= 15 is 0 Å². The van der Waals surface area contributed by atoms with Crippen LogP contribution in [0.4, 0.5) is 4.39 Å². The van der Waals surface area contributed by atoms with Crippen molar-refractivity contribution < 1.29 is 4.39 Å². The summed E-state index contributed by atoms with van der Waals surface area (Å²) in [7, 11) is 0. The Hall–Kier alpha value is -0.410. The van der Waals surface area contributed by atoms with Crippen molar-refractivity contribution in [3.05, 3.63) is 34.1 Å². The smallest absolute Gasteiger partial charge is 0.124 e. The van der Waals surface area contributed by atoms with Gasteiger partial charge < -0.3 is 5.32 Å². The molecule has 1 aliphatic rings. The van der Waals surface area contributed by atoms with E-state index in [-0.39, 0.29) is 5.82 Å². The summed E-state index contributed by atoms with van der Waals surface area (Å²) in [4.78, 5) is 0. The average Bonchev–Trinajstić information content (AvgIpc) is 2.48. The van der Waals surface area contributed by atoms with Gasteiger partial charge in [0, 0.05) is 4.47 Å². The molecule has 1 saturated carbocycles. The van der Waals surface area contributed by atoms with Crippen molar-refractivity contribution in [1.82, 2.24) is 5.32 Å². The molecule has 1 fully saturated rings. The van der Waals surface area contributed by atoms with Crippen molar-refractivity contribution in [3.8, 4) is 0 Å². The molecule has 0 radical (unpaired) electrons. The number of halogens is 2. The molecular formula is C18H27BrFN. The first-order chi connectivity index (χ1) is 10.1. The van der Waals surface area contributed by atoms with Crippen molar-refractivity contribution in [2.45, 2.75) is 46.0 Å². The Balaban J connectivity index is 2.07. The van der Waals surface area contributed by atoms with Gasteiger partial charge in [-0.15, -0.1) is 0 Å². The van der Waals surface area contributed by atoms with Gasteiger partial charge in [-0.2, -0.15) is 0 Å². The zero-order valence-corrected chi connectivity index (χ0v) is 14.8. The second-order valence-corrected chi connectivity index (χ2v) is 7.21. The Morgan fingerprint density at radius 1 is 1.24 bits per heavy atom. The van der Waals surface area contributed by atoms with Gasteiger partial charge in [-0.25, -0.2) is 4.39 Å². The Kier molecular flexibility index (Phi) is 6.69. The molecule has 2 rings (SSSR count). The van der Waals surface area contributed by atoms with Crippen LogP contribution in [-0.2, 0) is 6.42 Å². The lowest BCUT2D eigenvalue weighted by Crippen LogP contribution is -2.34. The highest BCUT2D eigenvalue weighted by Gasteiger charge is 2.29. The van der Waals surface area contributed by atoms with Crippen LogP contribution in [0.1, 0.15) is 45.1 Å². The Morgan fingerprint density at radius 3 is 2.71 bits per heavy atom. The molecule has 0 aromatic heterocycles. The summed E-state index contributed by atoms with van der Waals surface area (Å²) in [6.07, 6.45) is 6.36. The van der Waals surface area contributed by atoms with E-state index in [1.165, 1.54) is 31.2 Å². The topological polar surface area (TPSA) is 12.0 Å². The second kappa shape index (κ2) is 8.28. The molecule has 3 unspecified atom stereocenters. The third-order valence-electron chi connectivity index (χ3n) is 4.98. The number of benzene rings is 1. The first kappa shape index (κ1) is 17.0. The van der Waals surface area contributed by atoms with Gasteiger partial charge in [0.2, 0.25) is 0 Å². The van der Waals surface area contributed by atoms with Crippen molar-refractivity contribution in [1.29, 1.82) is 0 Å². The molecule has 0 bridgehead atoms. The minimum atomic E-state index is -0.162. The van der Waals surface area contributed by atoms with E-state index in [0.29, 0.717) is 5.92 Å². The van der Waals surface area contributed by atoms with Crippen LogP contribution in [0.5, 0.6) is 0 Å². The molecule has 3 atom stereocenters. The van der Waals surface area contributed by atoms with Crippen LogP contribution < -0.4 is 5.32 Å². The van der Waals surface area contributed by atoms with E-state index in [1.807, 2.05) is 6.07 Å². The molecule has 0 spiro atoms. The second-order valence-electron chi connectivity index (χ2n) is 6.36. The third-order valence-corrected chi connectivity index (χ3v) is 5.72. The summed E-state index contributed by atoms with van der Waals surface area (Å²) < 4.78 is 14.2. The van der Waals surface area contributed by atoms with E-state index in [1.54, 1.807) is 12.1 Å². The fraction of sp³-hybridized carbons (Fsp3) is 0.667. The highest BCUT2D eigenvalue weighted by atomic mass is 79.9. The van der Waals surface area contributed by atoms with Gasteiger partial charge in [-0.05, 0) is 67.8 Å². The van der Waals surface area contributed by atoms with Crippen LogP contribution in [0.3, 0.4) is 0 Å². The summed E-state index contributed by atoms with van der Waals surface area (Å²) in [5.74, 6) is 2.17. The molecule has 1 nitrogen and oxygen atoms in total. The van der Waals surface area contributed by atoms with Crippen LogP contribution in [0.25, 0.3) is 0 Å². The molecule has 0 aliphatic heterocycles. The van der Waals surface area contributed by atoms with Gasteiger partial charge in [-0.3, -0.25) is 0 Å². The molecule has 0 amide bonds. The van der Waals surface area contributed by atoms with E-state index in [2.05, 4.69) is 35.1 Å². The SMILES string of the molecule is CCNCC1CCC(CC)CC1Cc1ccc(F)cc1Br. The summed E-state index contributed by atoms with van der Waals surface area (Å²) in [5, 5.41) is 3.52. The Bertz CT molecular complexity index is 449. The van der Waals surface area contributed by atoms with Crippen LogP contribution in [-0.4, -0.2) is 13.1 Å². The van der Waals surface area contributed by atoms with Gasteiger partial charge in [0.05, 0.1) is 0 Å². The average molecular weight is 356 g/mol. The van der Waals surface area contributed by atoms with E-state index in [4.69, 9.17) is 0 Å². The fourth-order valence-electron chi connectivity index (χ4n) is 3.61. The van der Waals surface area contributed by atoms with Gasteiger partial charge in [0.25, 0.3) is 0 Å². The maximum atomic E-state index is 13.2. The van der Waals surface area contributed by atoms with Crippen LogP contribution >= 0.6 is 15.9 Å². The Morgan fingerprint density at radius 2 is 2.05 bits per heavy atom. The van der Waals surface area contributed by atoms with E-state index < -0.39 is 0 Å². The first-order valence-electron chi connectivity index (χ1n) is 8.28. The van der Waals surface area contributed by atoms with Gasteiger partial charge >= 0.3 is 0 Å². The lowest BCUT2D eigenvalue weighted by molar-refractivity contribution is 0.172. The van der Waals surface area contributed by atoms with E-state index in [0.717, 1.165) is 35.8 Å². The minimum Gasteiger partial charge on any atom is -0.317 e. The maximum Gasteiger partial charge on any atom is 0.124 e. The van der Waals surface area contributed by atoms with Gasteiger partial charge in [0.15, 0.2) is 0 Å². The predicted molar refractivity (Wildman–Crippen MR) is 91.0 cm³/mol. The van der Waals surface area contributed by atoms with Crippen molar-refractivity contribution in [3.63, 3.8) is 0 Å². The Labute approximate surface area is 136 Å². The third kappa shape index (κ3) is 4.79. The molecule has 118 valence electrons. The molecule has 21 heavy (non-hydrogen) atoms. The number of hydrogen-bond acceptors (Lipinski definition) is 1. The summed E-state index contributed by atoms with van der Waals surface area (Å²) in [5.41, 5.74) is 1.25. The summed E-state index contributed by atoms with van der Waals surface area (Å²) in [6, 6.07) is 5.12. The van der Waals surface area contributed by atoms with Crippen molar-refractivity contribution in [2.24, 2.45) is 17.8 Å². The summed E-state index contributed by atoms with van der Waals surface area (Å²) >= 11 is 3.52. The number of nitrogens with one attached hydrogen (secondary N) is 1. The molecule has 1 N–H and O–H groups in total. The summed E-state index contributed by atoms with van der Waals surface area (Å²) in [6.45, 7) is 6.64. The normalized spacial score (nSPS) is 26.0. The quantitative estimate of drug-likeness (QED) is 0.740. The molecule has 3 heteroatoms. The highest BCUT2D eigenvalue weighted by Crippen LogP contribution is 2.38. The monoisotopic (exact) mass is 355 g/mol. The van der Waals surface area contributed by atoms with Crippen LogP contribution in [0, 0.1) is 23.6 Å². The largest absolute Gasteiger partial charge is 0.317 e. The minimum absolute atomic E-state index is 0.162. The van der Waals surface area contributed by atoms with Gasteiger partial charge in [-0.1, -0.05) is 48.7 Å². The molecule has 1 aromatic rings. The molecule has 0 saturated heterocycles. The molecule has 0 heterocycles. The lowest BCUT2D eigenvalue weighted by atomic mass is 9.71. The lowest BCUT2D eigenvalue weighted by Gasteiger charge is -2.36. The predicted octanol–water partition coefficient (Wildman–Crippen LogP) is 5.18. The fourth-order valence-corrected chi connectivity index (χ4v) is 4.13. The van der Waals surface area contributed by atoms with Gasteiger partial charge in [0.1, 0.15) is 5.82 Å². The van der Waals surface area contributed by atoms with Crippen molar-refractivity contribution >= 4 is 15.9 Å². The maximum absolute atomic E-state index is 13.2. The number of hydrogen-bond donors (Lipinski definition) is 1. The molecular weight excluding hydrogens is 329 g/mol. The highest BCUT2D eigenvalue weighted by molar-refractivity contribution is 9.10. The van der Waals surface area contributed by atoms with Crippen LogP contribution in [0.15, 0.2) is 22.7 Å². The zero-order chi connectivity index (χ0) is 15.2.